The van der Waals surface area contributed by atoms with E-state index in [0.29, 0.717) is 13.2 Å². The van der Waals surface area contributed by atoms with E-state index < -0.39 is 5.97 Å². The first-order valence-corrected chi connectivity index (χ1v) is 7.74. The lowest BCUT2D eigenvalue weighted by Crippen LogP contribution is -2.22. The molecule has 0 aliphatic heterocycles. The van der Waals surface area contributed by atoms with Crippen LogP contribution in [0.15, 0.2) is 46.9 Å². The number of aliphatic carboxylic acids is 1. The number of nitrogens with one attached hydrogen (secondary N) is 1. The molecule has 0 aliphatic rings. The Hall–Kier alpha value is -1.85. The highest BCUT2D eigenvalue weighted by atomic mass is 79.9. The van der Waals surface area contributed by atoms with Crippen molar-refractivity contribution in [1.29, 1.82) is 0 Å². The van der Waals surface area contributed by atoms with Crippen LogP contribution in [-0.2, 0) is 17.9 Å². The number of halogens is 1. The predicted molar refractivity (Wildman–Crippen MR) is 89.0 cm³/mol. The molecule has 0 saturated heterocycles. The Morgan fingerprint density at radius 1 is 1.23 bits per heavy atom. The largest absolute Gasteiger partial charge is 0.489 e. The maximum absolute atomic E-state index is 10.6. The number of ether oxygens (including phenoxy) is 1. The van der Waals surface area contributed by atoms with E-state index in [4.69, 9.17) is 9.84 Å². The zero-order valence-electron chi connectivity index (χ0n) is 12.3. The van der Waals surface area contributed by atoms with Crippen molar-refractivity contribution < 1.29 is 14.6 Å². The summed E-state index contributed by atoms with van der Waals surface area (Å²) < 4.78 is 6.84. The Bertz CT molecular complexity index is 658. The van der Waals surface area contributed by atoms with E-state index in [-0.39, 0.29) is 6.54 Å². The van der Waals surface area contributed by atoms with Gasteiger partial charge >= 0.3 is 5.97 Å². The Morgan fingerprint density at radius 2 is 2.00 bits per heavy atom. The molecule has 2 aromatic rings. The first kappa shape index (κ1) is 16.5. The number of rotatable bonds is 7. The van der Waals surface area contributed by atoms with Gasteiger partial charge in [-0.3, -0.25) is 4.79 Å². The van der Waals surface area contributed by atoms with Gasteiger partial charge in [-0.2, -0.15) is 0 Å². The lowest BCUT2D eigenvalue weighted by molar-refractivity contribution is -0.136. The molecule has 2 aromatic carbocycles. The second kappa shape index (κ2) is 7.96. The van der Waals surface area contributed by atoms with Crippen LogP contribution in [0.1, 0.15) is 16.7 Å². The van der Waals surface area contributed by atoms with Crippen molar-refractivity contribution >= 4 is 21.9 Å². The number of carboxylic acid groups (broad SMARTS) is 1. The van der Waals surface area contributed by atoms with Gasteiger partial charge < -0.3 is 15.2 Å². The topological polar surface area (TPSA) is 58.6 Å². The second-order valence-electron chi connectivity index (χ2n) is 4.96. The molecule has 0 fully saturated rings. The SMILES string of the molecule is Cc1ccccc1COc1ccc(Br)cc1CNCC(=O)O. The second-order valence-corrected chi connectivity index (χ2v) is 5.88. The predicted octanol–water partition coefficient (Wildman–Crippen LogP) is 3.51. The molecule has 116 valence electrons. The van der Waals surface area contributed by atoms with Crippen molar-refractivity contribution in [3.8, 4) is 5.75 Å². The maximum atomic E-state index is 10.6. The molecule has 22 heavy (non-hydrogen) atoms. The fourth-order valence-corrected chi connectivity index (χ4v) is 2.47. The third-order valence-electron chi connectivity index (χ3n) is 3.26. The molecule has 2 N–H and O–H groups in total. The Kier molecular flexibility index (Phi) is 5.98. The van der Waals surface area contributed by atoms with Crippen molar-refractivity contribution in [3.63, 3.8) is 0 Å². The van der Waals surface area contributed by atoms with E-state index in [0.717, 1.165) is 21.3 Å². The van der Waals surface area contributed by atoms with Crippen LogP contribution in [0.25, 0.3) is 0 Å². The van der Waals surface area contributed by atoms with Gasteiger partial charge in [-0.25, -0.2) is 0 Å². The zero-order chi connectivity index (χ0) is 15.9. The summed E-state index contributed by atoms with van der Waals surface area (Å²) in [7, 11) is 0. The molecule has 0 spiro atoms. The van der Waals surface area contributed by atoms with Crippen molar-refractivity contribution in [1.82, 2.24) is 5.32 Å². The molecular formula is C17H18BrNO3. The van der Waals surface area contributed by atoms with E-state index in [9.17, 15) is 4.79 Å². The van der Waals surface area contributed by atoms with Gasteiger partial charge in [0.15, 0.2) is 0 Å². The van der Waals surface area contributed by atoms with Gasteiger partial charge in [0, 0.05) is 16.6 Å². The molecule has 0 aromatic heterocycles. The minimum atomic E-state index is -0.877. The smallest absolute Gasteiger partial charge is 0.317 e. The molecule has 0 radical (unpaired) electrons. The highest BCUT2D eigenvalue weighted by molar-refractivity contribution is 9.10. The summed E-state index contributed by atoms with van der Waals surface area (Å²) in [6, 6.07) is 13.8. The van der Waals surface area contributed by atoms with Gasteiger partial charge in [0.25, 0.3) is 0 Å². The van der Waals surface area contributed by atoms with Crippen molar-refractivity contribution in [2.45, 2.75) is 20.1 Å². The summed E-state index contributed by atoms with van der Waals surface area (Å²) in [5.41, 5.74) is 3.24. The third kappa shape index (κ3) is 4.86. The van der Waals surface area contributed by atoms with Gasteiger partial charge in [-0.05, 0) is 36.2 Å². The number of aryl methyl sites for hydroxylation is 1. The first-order valence-electron chi connectivity index (χ1n) is 6.94. The Labute approximate surface area is 138 Å². The van der Waals surface area contributed by atoms with Gasteiger partial charge in [0.2, 0.25) is 0 Å². The average molecular weight is 364 g/mol. The molecule has 0 unspecified atom stereocenters. The number of benzene rings is 2. The normalized spacial score (nSPS) is 10.5. The van der Waals surface area contributed by atoms with Crippen molar-refractivity contribution in [2.75, 3.05) is 6.54 Å². The Morgan fingerprint density at radius 3 is 2.73 bits per heavy atom. The summed E-state index contributed by atoms with van der Waals surface area (Å²) in [6.45, 7) is 2.90. The average Bonchev–Trinajstić information content (AvgIpc) is 2.47. The van der Waals surface area contributed by atoms with Gasteiger partial charge in [-0.1, -0.05) is 40.2 Å². The lowest BCUT2D eigenvalue weighted by atomic mass is 10.1. The lowest BCUT2D eigenvalue weighted by Gasteiger charge is -2.13. The van der Waals surface area contributed by atoms with Crippen molar-refractivity contribution in [2.24, 2.45) is 0 Å². The van der Waals surface area contributed by atoms with Gasteiger partial charge in [0.05, 0.1) is 6.54 Å². The monoisotopic (exact) mass is 363 g/mol. The number of carbonyl (C=O) groups is 1. The van der Waals surface area contributed by atoms with E-state index in [1.165, 1.54) is 5.56 Å². The van der Waals surface area contributed by atoms with E-state index in [1.54, 1.807) is 0 Å². The molecule has 2 rings (SSSR count). The standard InChI is InChI=1S/C17H18BrNO3/c1-12-4-2-3-5-13(12)11-22-16-7-6-15(18)8-14(16)9-19-10-17(20)21/h2-8,19H,9-11H2,1H3,(H,20,21). The minimum Gasteiger partial charge on any atom is -0.489 e. The fraction of sp³-hybridized carbons (Fsp3) is 0.235. The highest BCUT2D eigenvalue weighted by Crippen LogP contribution is 2.24. The van der Waals surface area contributed by atoms with Crippen LogP contribution in [0.3, 0.4) is 0 Å². The third-order valence-corrected chi connectivity index (χ3v) is 3.75. The van der Waals surface area contributed by atoms with Crippen LogP contribution >= 0.6 is 15.9 Å². The summed E-state index contributed by atoms with van der Waals surface area (Å²) in [5, 5.41) is 11.6. The van der Waals surface area contributed by atoms with Crippen LogP contribution in [0, 0.1) is 6.92 Å². The fourth-order valence-electron chi connectivity index (χ4n) is 2.06. The molecular weight excluding hydrogens is 346 g/mol. The number of hydrogen-bond acceptors (Lipinski definition) is 3. The van der Waals surface area contributed by atoms with Crippen LogP contribution in [0.5, 0.6) is 5.75 Å². The summed E-state index contributed by atoms with van der Waals surface area (Å²) in [4.78, 5) is 10.6. The van der Waals surface area contributed by atoms with E-state index in [1.807, 2.05) is 36.4 Å². The van der Waals surface area contributed by atoms with Crippen molar-refractivity contribution in [3.05, 3.63) is 63.6 Å². The van der Waals surface area contributed by atoms with E-state index in [2.05, 4.69) is 34.2 Å². The maximum Gasteiger partial charge on any atom is 0.317 e. The molecule has 0 amide bonds. The van der Waals surface area contributed by atoms with E-state index >= 15 is 0 Å². The molecule has 0 heterocycles. The molecule has 0 atom stereocenters. The van der Waals surface area contributed by atoms with Crippen LogP contribution < -0.4 is 10.1 Å². The molecule has 4 nitrogen and oxygen atoms in total. The summed E-state index contributed by atoms with van der Waals surface area (Å²) in [5.74, 6) is -0.123. The highest BCUT2D eigenvalue weighted by Gasteiger charge is 2.07. The molecule has 0 bridgehead atoms. The van der Waals surface area contributed by atoms with Gasteiger partial charge in [0.1, 0.15) is 12.4 Å². The quantitative estimate of drug-likeness (QED) is 0.790. The summed E-state index contributed by atoms with van der Waals surface area (Å²) in [6.07, 6.45) is 0. The van der Waals surface area contributed by atoms with Crippen LogP contribution in [0.2, 0.25) is 0 Å². The number of hydrogen-bond donors (Lipinski definition) is 2. The molecule has 5 heteroatoms. The Balaban J connectivity index is 2.06. The molecule has 0 aliphatic carbocycles. The van der Waals surface area contributed by atoms with Crippen LogP contribution in [-0.4, -0.2) is 17.6 Å². The summed E-state index contributed by atoms with van der Waals surface area (Å²) >= 11 is 3.43. The minimum absolute atomic E-state index is 0.0796. The van der Waals surface area contributed by atoms with Crippen LogP contribution in [0.4, 0.5) is 0 Å². The molecule has 0 saturated carbocycles. The number of carboxylic acids is 1. The van der Waals surface area contributed by atoms with Gasteiger partial charge in [-0.15, -0.1) is 0 Å². The zero-order valence-corrected chi connectivity index (χ0v) is 13.9. The first-order chi connectivity index (χ1) is 10.6.